The zero-order chi connectivity index (χ0) is 22.9. The summed E-state index contributed by atoms with van der Waals surface area (Å²) in [7, 11) is 0. The van der Waals surface area contributed by atoms with Crippen molar-refractivity contribution in [2.75, 3.05) is 0 Å². The van der Waals surface area contributed by atoms with Gasteiger partial charge in [-0.15, -0.1) is 0 Å². The average molecular weight is 432 g/mol. The predicted molar refractivity (Wildman–Crippen MR) is 125 cm³/mol. The standard InChI is InChI=1S/C27H29NO4/c1-2-6-24(22-7-4-3-5-8-22)28-27(32)23-18-21(13-15-25(23)29)17-20-11-9-19(10-12-20)14-16-26(30)31/h3-5,7-13,15,18,24,29H,2,6,14,16-17H2,1H3,(H,28,32)(H,30,31). The van der Waals surface area contributed by atoms with E-state index in [1.807, 2.05) is 60.7 Å². The maximum atomic E-state index is 13.0. The van der Waals surface area contributed by atoms with Crippen LogP contribution in [-0.2, 0) is 17.6 Å². The van der Waals surface area contributed by atoms with Crippen LogP contribution >= 0.6 is 0 Å². The van der Waals surface area contributed by atoms with E-state index in [4.69, 9.17) is 5.11 Å². The number of hydrogen-bond donors (Lipinski definition) is 3. The number of rotatable bonds is 10. The molecule has 0 aliphatic heterocycles. The predicted octanol–water partition coefficient (Wildman–Crippen LogP) is 5.27. The molecule has 0 heterocycles. The number of carbonyl (C=O) groups is 2. The number of carboxylic acids is 1. The highest BCUT2D eigenvalue weighted by Gasteiger charge is 2.18. The molecule has 1 unspecified atom stereocenters. The Kier molecular flexibility index (Phi) is 8.03. The van der Waals surface area contributed by atoms with Crippen LogP contribution in [0.2, 0.25) is 0 Å². The van der Waals surface area contributed by atoms with Gasteiger partial charge in [0.05, 0.1) is 11.6 Å². The van der Waals surface area contributed by atoms with Gasteiger partial charge in [-0.05, 0) is 53.6 Å². The highest BCUT2D eigenvalue weighted by molar-refractivity contribution is 5.97. The van der Waals surface area contributed by atoms with Gasteiger partial charge in [-0.25, -0.2) is 0 Å². The normalized spacial score (nSPS) is 11.7. The van der Waals surface area contributed by atoms with Gasteiger partial charge >= 0.3 is 5.97 Å². The number of aryl methyl sites for hydroxylation is 1. The summed E-state index contributed by atoms with van der Waals surface area (Å²) in [5.74, 6) is -1.15. The zero-order valence-corrected chi connectivity index (χ0v) is 18.3. The number of phenols is 1. The van der Waals surface area contributed by atoms with Crippen LogP contribution in [0.3, 0.4) is 0 Å². The minimum absolute atomic E-state index is 0.0430. The lowest BCUT2D eigenvalue weighted by molar-refractivity contribution is -0.136. The minimum atomic E-state index is -0.808. The Bertz CT molecular complexity index is 1050. The van der Waals surface area contributed by atoms with E-state index in [9.17, 15) is 14.7 Å². The van der Waals surface area contributed by atoms with E-state index < -0.39 is 5.97 Å². The third kappa shape index (κ3) is 6.45. The lowest BCUT2D eigenvalue weighted by atomic mass is 9.99. The van der Waals surface area contributed by atoms with Gasteiger partial charge in [0.25, 0.3) is 5.91 Å². The maximum Gasteiger partial charge on any atom is 0.303 e. The number of aliphatic carboxylic acids is 1. The number of amides is 1. The van der Waals surface area contributed by atoms with E-state index in [-0.39, 0.29) is 29.7 Å². The van der Waals surface area contributed by atoms with Gasteiger partial charge < -0.3 is 15.5 Å². The summed E-state index contributed by atoms with van der Waals surface area (Å²) >= 11 is 0. The van der Waals surface area contributed by atoms with E-state index in [0.717, 1.165) is 35.1 Å². The lowest BCUT2D eigenvalue weighted by Crippen LogP contribution is -2.28. The first-order valence-corrected chi connectivity index (χ1v) is 10.9. The maximum absolute atomic E-state index is 13.0. The van der Waals surface area contributed by atoms with Gasteiger partial charge in [0, 0.05) is 6.42 Å². The van der Waals surface area contributed by atoms with Crippen LogP contribution in [0, 0.1) is 0 Å². The number of carboxylic acid groups (broad SMARTS) is 1. The Hall–Kier alpha value is -3.60. The largest absolute Gasteiger partial charge is 0.507 e. The van der Waals surface area contributed by atoms with Crippen LogP contribution in [0.15, 0.2) is 72.8 Å². The van der Waals surface area contributed by atoms with E-state index in [1.54, 1.807) is 12.1 Å². The number of nitrogens with one attached hydrogen (secondary N) is 1. The molecule has 0 aliphatic rings. The Morgan fingerprint density at radius 2 is 1.56 bits per heavy atom. The van der Waals surface area contributed by atoms with Crippen molar-refractivity contribution in [1.82, 2.24) is 5.32 Å². The average Bonchev–Trinajstić information content (AvgIpc) is 2.80. The van der Waals surface area contributed by atoms with Crippen molar-refractivity contribution in [2.45, 2.75) is 45.1 Å². The van der Waals surface area contributed by atoms with Crippen molar-refractivity contribution in [1.29, 1.82) is 0 Å². The van der Waals surface area contributed by atoms with Crippen LogP contribution in [0.4, 0.5) is 0 Å². The van der Waals surface area contributed by atoms with Gasteiger partial charge in [-0.2, -0.15) is 0 Å². The molecule has 0 aliphatic carbocycles. The molecule has 3 aromatic carbocycles. The number of hydrogen-bond acceptors (Lipinski definition) is 3. The monoisotopic (exact) mass is 431 g/mol. The molecule has 1 atom stereocenters. The second kappa shape index (κ2) is 11.1. The van der Waals surface area contributed by atoms with Gasteiger partial charge in [-0.3, -0.25) is 9.59 Å². The molecule has 0 saturated heterocycles. The van der Waals surface area contributed by atoms with Crippen molar-refractivity contribution in [3.63, 3.8) is 0 Å². The highest BCUT2D eigenvalue weighted by atomic mass is 16.4. The topological polar surface area (TPSA) is 86.6 Å². The van der Waals surface area contributed by atoms with E-state index in [2.05, 4.69) is 12.2 Å². The van der Waals surface area contributed by atoms with E-state index >= 15 is 0 Å². The third-order valence-electron chi connectivity index (χ3n) is 5.45. The van der Waals surface area contributed by atoms with Crippen LogP contribution in [0.25, 0.3) is 0 Å². The lowest BCUT2D eigenvalue weighted by Gasteiger charge is -2.19. The van der Waals surface area contributed by atoms with Crippen LogP contribution in [0.5, 0.6) is 5.75 Å². The molecule has 1 amide bonds. The third-order valence-corrected chi connectivity index (χ3v) is 5.45. The van der Waals surface area contributed by atoms with Crippen molar-refractivity contribution in [2.24, 2.45) is 0 Å². The second-order valence-corrected chi connectivity index (χ2v) is 7.96. The van der Waals surface area contributed by atoms with Crippen molar-refractivity contribution >= 4 is 11.9 Å². The zero-order valence-electron chi connectivity index (χ0n) is 18.3. The Morgan fingerprint density at radius 1 is 0.906 bits per heavy atom. The first-order valence-electron chi connectivity index (χ1n) is 10.9. The van der Waals surface area contributed by atoms with Crippen LogP contribution in [-0.4, -0.2) is 22.1 Å². The van der Waals surface area contributed by atoms with Crippen LogP contribution < -0.4 is 5.32 Å². The minimum Gasteiger partial charge on any atom is -0.507 e. The number of carbonyl (C=O) groups excluding carboxylic acids is 1. The molecule has 5 heteroatoms. The Balaban J connectivity index is 1.72. The fourth-order valence-electron chi connectivity index (χ4n) is 3.72. The molecule has 0 fully saturated rings. The summed E-state index contributed by atoms with van der Waals surface area (Å²) < 4.78 is 0. The number of benzene rings is 3. The first kappa shape index (κ1) is 23.1. The van der Waals surface area contributed by atoms with Gasteiger partial charge in [0.15, 0.2) is 0 Å². The summed E-state index contributed by atoms with van der Waals surface area (Å²) in [5.41, 5.74) is 4.25. The van der Waals surface area contributed by atoms with Crippen molar-refractivity contribution < 1.29 is 19.8 Å². The van der Waals surface area contributed by atoms with E-state index in [0.29, 0.717) is 12.8 Å². The molecule has 0 spiro atoms. The van der Waals surface area contributed by atoms with Crippen molar-refractivity contribution in [3.05, 3.63) is 101 Å². The van der Waals surface area contributed by atoms with Crippen molar-refractivity contribution in [3.8, 4) is 5.75 Å². The molecule has 3 rings (SSSR count). The smallest absolute Gasteiger partial charge is 0.303 e. The van der Waals surface area contributed by atoms with Crippen LogP contribution in [0.1, 0.15) is 64.8 Å². The molecule has 5 nitrogen and oxygen atoms in total. The van der Waals surface area contributed by atoms with Gasteiger partial charge in [-0.1, -0.05) is 74.0 Å². The molecule has 0 aromatic heterocycles. The van der Waals surface area contributed by atoms with E-state index in [1.165, 1.54) is 0 Å². The molecular formula is C27H29NO4. The Morgan fingerprint density at radius 3 is 2.22 bits per heavy atom. The summed E-state index contributed by atoms with van der Waals surface area (Å²) in [6.07, 6.45) is 2.95. The van der Waals surface area contributed by atoms with Gasteiger partial charge in [0.1, 0.15) is 5.75 Å². The molecule has 0 bridgehead atoms. The first-order chi connectivity index (χ1) is 15.5. The fraction of sp³-hybridized carbons (Fsp3) is 0.259. The van der Waals surface area contributed by atoms with Gasteiger partial charge in [0.2, 0.25) is 0 Å². The molecule has 3 aromatic rings. The molecular weight excluding hydrogens is 402 g/mol. The molecule has 0 saturated carbocycles. The number of aromatic hydroxyl groups is 1. The second-order valence-electron chi connectivity index (χ2n) is 7.96. The summed E-state index contributed by atoms with van der Waals surface area (Å²) in [4.78, 5) is 23.7. The summed E-state index contributed by atoms with van der Waals surface area (Å²) in [6, 6.07) is 22.6. The highest BCUT2D eigenvalue weighted by Crippen LogP contribution is 2.24. The molecule has 3 N–H and O–H groups in total. The summed E-state index contributed by atoms with van der Waals surface area (Å²) in [6.45, 7) is 2.08. The molecule has 166 valence electrons. The SMILES string of the molecule is CCCC(NC(=O)c1cc(Cc2ccc(CCC(=O)O)cc2)ccc1O)c1ccccc1. The Labute approximate surface area is 188 Å². The summed E-state index contributed by atoms with van der Waals surface area (Å²) in [5, 5.41) is 22.2. The fourth-order valence-corrected chi connectivity index (χ4v) is 3.72. The number of phenolic OH excluding ortho intramolecular Hbond substituents is 1. The molecule has 32 heavy (non-hydrogen) atoms. The quantitative estimate of drug-likeness (QED) is 0.408. The molecule has 0 radical (unpaired) electrons.